The second kappa shape index (κ2) is 5.59. The van der Waals surface area contributed by atoms with E-state index in [0.29, 0.717) is 6.42 Å². The van der Waals surface area contributed by atoms with Crippen molar-refractivity contribution in [2.75, 3.05) is 13.1 Å². The van der Waals surface area contributed by atoms with Gasteiger partial charge in [0.25, 0.3) is 0 Å². The standard InChI is InChI=1S/C9H18N2O3/c1-4-9(3,14)6-11-8(13)5-10-7(2)12/h14H,4-6H2,1-3H3,(H,10,12)(H,11,13). The highest BCUT2D eigenvalue weighted by Crippen LogP contribution is 2.05. The van der Waals surface area contributed by atoms with Crippen molar-refractivity contribution in [2.45, 2.75) is 32.8 Å². The van der Waals surface area contributed by atoms with Crippen molar-refractivity contribution in [3.05, 3.63) is 0 Å². The average Bonchev–Trinajstić information content (AvgIpc) is 2.11. The molecular weight excluding hydrogens is 184 g/mol. The monoisotopic (exact) mass is 202 g/mol. The summed E-state index contributed by atoms with van der Waals surface area (Å²) >= 11 is 0. The Morgan fingerprint density at radius 3 is 2.36 bits per heavy atom. The highest BCUT2D eigenvalue weighted by molar-refractivity contribution is 5.83. The van der Waals surface area contributed by atoms with Crippen LogP contribution in [-0.4, -0.2) is 35.6 Å². The maximum atomic E-state index is 11.1. The minimum atomic E-state index is -0.883. The van der Waals surface area contributed by atoms with E-state index in [9.17, 15) is 14.7 Å². The van der Waals surface area contributed by atoms with Crippen LogP contribution >= 0.6 is 0 Å². The fourth-order valence-electron chi connectivity index (χ4n) is 0.681. The molecule has 0 saturated carbocycles. The number of nitrogens with one attached hydrogen (secondary N) is 2. The first-order chi connectivity index (χ1) is 6.37. The third-order valence-corrected chi connectivity index (χ3v) is 1.93. The lowest BCUT2D eigenvalue weighted by atomic mass is 10.0. The molecule has 1 atom stereocenters. The first-order valence-electron chi connectivity index (χ1n) is 4.61. The number of carbonyl (C=O) groups excluding carboxylic acids is 2. The van der Waals surface area contributed by atoms with Gasteiger partial charge in [-0.25, -0.2) is 0 Å². The van der Waals surface area contributed by atoms with E-state index in [2.05, 4.69) is 10.6 Å². The molecule has 0 aliphatic heterocycles. The Morgan fingerprint density at radius 2 is 1.93 bits per heavy atom. The minimum Gasteiger partial charge on any atom is -0.388 e. The van der Waals surface area contributed by atoms with Gasteiger partial charge in [0, 0.05) is 13.5 Å². The molecule has 0 rings (SSSR count). The summed E-state index contributed by atoms with van der Waals surface area (Å²) in [6, 6.07) is 0. The molecule has 0 aromatic carbocycles. The largest absolute Gasteiger partial charge is 0.388 e. The number of rotatable bonds is 5. The lowest BCUT2D eigenvalue weighted by Crippen LogP contribution is -2.43. The van der Waals surface area contributed by atoms with Crippen molar-refractivity contribution in [3.8, 4) is 0 Å². The van der Waals surface area contributed by atoms with Crippen LogP contribution in [-0.2, 0) is 9.59 Å². The van der Waals surface area contributed by atoms with E-state index >= 15 is 0 Å². The molecule has 82 valence electrons. The van der Waals surface area contributed by atoms with E-state index in [1.54, 1.807) is 6.92 Å². The van der Waals surface area contributed by atoms with Gasteiger partial charge in [-0.15, -0.1) is 0 Å². The van der Waals surface area contributed by atoms with Crippen LogP contribution in [0.5, 0.6) is 0 Å². The molecule has 0 fully saturated rings. The number of carbonyl (C=O) groups is 2. The van der Waals surface area contributed by atoms with Gasteiger partial charge in [0.1, 0.15) is 0 Å². The fraction of sp³-hybridized carbons (Fsp3) is 0.778. The average molecular weight is 202 g/mol. The molecule has 0 spiro atoms. The molecule has 0 heterocycles. The zero-order chi connectivity index (χ0) is 11.2. The summed E-state index contributed by atoms with van der Waals surface area (Å²) in [5, 5.41) is 14.4. The molecule has 5 nitrogen and oxygen atoms in total. The van der Waals surface area contributed by atoms with Gasteiger partial charge < -0.3 is 15.7 Å². The summed E-state index contributed by atoms with van der Waals surface area (Å²) in [7, 11) is 0. The zero-order valence-corrected chi connectivity index (χ0v) is 8.89. The van der Waals surface area contributed by atoms with Crippen LogP contribution in [0.4, 0.5) is 0 Å². The van der Waals surface area contributed by atoms with E-state index in [1.807, 2.05) is 6.92 Å². The molecule has 0 bridgehead atoms. The zero-order valence-electron chi connectivity index (χ0n) is 8.89. The van der Waals surface area contributed by atoms with E-state index in [1.165, 1.54) is 6.92 Å². The van der Waals surface area contributed by atoms with Crippen molar-refractivity contribution < 1.29 is 14.7 Å². The normalized spacial score (nSPS) is 14.3. The highest BCUT2D eigenvalue weighted by atomic mass is 16.3. The Labute approximate surface area is 83.9 Å². The Morgan fingerprint density at radius 1 is 1.36 bits per heavy atom. The first-order valence-corrected chi connectivity index (χ1v) is 4.61. The van der Waals surface area contributed by atoms with Crippen LogP contribution in [0.1, 0.15) is 27.2 Å². The van der Waals surface area contributed by atoms with Gasteiger partial charge in [-0.2, -0.15) is 0 Å². The molecule has 0 saturated heterocycles. The number of amides is 2. The first kappa shape index (κ1) is 12.9. The molecule has 0 aliphatic carbocycles. The second-order valence-electron chi connectivity index (χ2n) is 3.54. The third kappa shape index (κ3) is 6.42. The Hall–Kier alpha value is -1.10. The SMILES string of the molecule is CCC(C)(O)CNC(=O)CNC(C)=O. The summed E-state index contributed by atoms with van der Waals surface area (Å²) in [6.45, 7) is 4.97. The summed E-state index contributed by atoms with van der Waals surface area (Å²) in [5.74, 6) is -0.545. The van der Waals surface area contributed by atoms with Crippen LogP contribution in [0, 0.1) is 0 Å². The second-order valence-corrected chi connectivity index (χ2v) is 3.54. The lowest BCUT2D eigenvalue weighted by Gasteiger charge is -2.21. The van der Waals surface area contributed by atoms with Gasteiger partial charge in [0.15, 0.2) is 0 Å². The van der Waals surface area contributed by atoms with E-state index in [0.717, 1.165) is 0 Å². The number of aliphatic hydroxyl groups is 1. The summed E-state index contributed by atoms with van der Waals surface area (Å²) in [6.07, 6.45) is 0.563. The van der Waals surface area contributed by atoms with Crippen LogP contribution in [0.25, 0.3) is 0 Å². The Kier molecular flexibility index (Phi) is 5.15. The summed E-state index contributed by atoms with van der Waals surface area (Å²) < 4.78 is 0. The van der Waals surface area contributed by atoms with Crippen LogP contribution in [0.3, 0.4) is 0 Å². The number of hydrogen-bond donors (Lipinski definition) is 3. The molecule has 2 amide bonds. The van der Waals surface area contributed by atoms with Crippen molar-refractivity contribution in [1.29, 1.82) is 0 Å². The fourth-order valence-corrected chi connectivity index (χ4v) is 0.681. The predicted molar refractivity (Wildman–Crippen MR) is 52.6 cm³/mol. The van der Waals surface area contributed by atoms with E-state index < -0.39 is 5.60 Å². The van der Waals surface area contributed by atoms with E-state index in [4.69, 9.17) is 0 Å². The van der Waals surface area contributed by atoms with Gasteiger partial charge in [-0.05, 0) is 13.3 Å². The molecule has 1 unspecified atom stereocenters. The topological polar surface area (TPSA) is 78.4 Å². The maximum absolute atomic E-state index is 11.1. The molecule has 14 heavy (non-hydrogen) atoms. The van der Waals surface area contributed by atoms with E-state index in [-0.39, 0.29) is 24.9 Å². The molecule has 3 N–H and O–H groups in total. The third-order valence-electron chi connectivity index (χ3n) is 1.93. The molecular formula is C9H18N2O3. The Bertz CT molecular complexity index is 214. The van der Waals surface area contributed by atoms with Crippen LogP contribution in [0.15, 0.2) is 0 Å². The summed E-state index contributed by atoms with van der Waals surface area (Å²) in [4.78, 5) is 21.5. The Balaban J connectivity index is 3.69. The maximum Gasteiger partial charge on any atom is 0.239 e. The molecule has 0 aromatic heterocycles. The van der Waals surface area contributed by atoms with Crippen LogP contribution < -0.4 is 10.6 Å². The molecule has 5 heteroatoms. The van der Waals surface area contributed by atoms with Gasteiger partial charge in [0.05, 0.1) is 12.1 Å². The van der Waals surface area contributed by atoms with Gasteiger partial charge in [-0.3, -0.25) is 9.59 Å². The van der Waals surface area contributed by atoms with Crippen molar-refractivity contribution in [3.63, 3.8) is 0 Å². The van der Waals surface area contributed by atoms with Crippen molar-refractivity contribution in [1.82, 2.24) is 10.6 Å². The van der Waals surface area contributed by atoms with Gasteiger partial charge in [0.2, 0.25) is 11.8 Å². The molecule has 0 aliphatic rings. The quantitative estimate of drug-likeness (QED) is 0.557. The summed E-state index contributed by atoms with van der Waals surface area (Å²) in [5.41, 5.74) is -0.883. The van der Waals surface area contributed by atoms with Gasteiger partial charge in [-0.1, -0.05) is 6.92 Å². The van der Waals surface area contributed by atoms with Crippen LogP contribution in [0.2, 0.25) is 0 Å². The van der Waals surface area contributed by atoms with Gasteiger partial charge >= 0.3 is 0 Å². The molecule has 0 radical (unpaired) electrons. The molecule has 0 aromatic rings. The highest BCUT2D eigenvalue weighted by Gasteiger charge is 2.17. The minimum absolute atomic E-state index is 0.0465. The van der Waals surface area contributed by atoms with Crippen molar-refractivity contribution >= 4 is 11.8 Å². The smallest absolute Gasteiger partial charge is 0.239 e. The lowest BCUT2D eigenvalue weighted by molar-refractivity contribution is -0.125. The van der Waals surface area contributed by atoms with Crippen molar-refractivity contribution in [2.24, 2.45) is 0 Å². The number of hydrogen-bond acceptors (Lipinski definition) is 3. The predicted octanol–water partition coefficient (Wildman–Crippen LogP) is -0.600.